The van der Waals surface area contributed by atoms with Crippen LogP contribution in [0, 0.1) is 0 Å². The SMILES string of the molecule is O=C(O)CCC(=O)O.[NH2][Pt]([NH2])([Cl])[Cl]. The van der Waals surface area contributed by atoms with Crippen LogP contribution in [0.4, 0.5) is 0 Å². The van der Waals surface area contributed by atoms with E-state index >= 15 is 0 Å². The topological polar surface area (TPSA) is 127 Å². The summed E-state index contributed by atoms with van der Waals surface area (Å²) in [6, 6.07) is 0. The number of nitrogens with two attached hydrogens (primary N) is 2. The summed E-state index contributed by atoms with van der Waals surface area (Å²) in [6.45, 7) is 0. The van der Waals surface area contributed by atoms with E-state index in [9.17, 15) is 9.59 Å². The van der Waals surface area contributed by atoms with Crippen molar-refractivity contribution in [3.63, 3.8) is 0 Å². The van der Waals surface area contributed by atoms with E-state index in [1.165, 1.54) is 0 Å². The van der Waals surface area contributed by atoms with Gasteiger partial charge >= 0.3 is 53.8 Å². The third-order valence-electron chi connectivity index (χ3n) is 0.553. The monoisotopic (exact) mass is 415 g/mol. The van der Waals surface area contributed by atoms with E-state index in [0.717, 1.165) is 0 Å². The van der Waals surface area contributed by atoms with Gasteiger partial charge in [0, 0.05) is 0 Å². The summed E-state index contributed by atoms with van der Waals surface area (Å²) in [4.78, 5) is 19.3. The summed E-state index contributed by atoms with van der Waals surface area (Å²) in [5.74, 6) is -2.15. The van der Waals surface area contributed by atoms with E-state index in [-0.39, 0.29) is 12.8 Å². The molecule has 0 bridgehead atoms. The van der Waals surface area contributed by atoms with Crippen LogP contribution in [0.15, 0.2) is 0 Å². The second-order valence-electron chi connectivity index (χ2n) is 1.71. The number of carboxylic acids is 2. The average molecular weight is 416 g/mol. The van der Waals surface area contributed by atoms with Gasteiger partial charge in [-0.2, -0.15) is 0 Å². The summed E-state index contributed by atoms with van der Waals surface area (Å²) in [7, 11) is 10.1. The van der Waals surface area contributed by atoms with E-state index in [1.807, 2.05) is 0 Å². The molecule has 0 heterocycles. The van der Waals surface area contributed by atoms with Crippen molar-refractivity contribution in [1.82, 2.24) is 0 Å². The molecule has 0 fully saturated rings. The molecule has 0 saturated carbocycles. The van der Waals surface area contributed by atoms with Crippen LogP contribution < -0.4 is 8.58 Å². The molecule has 0 amide bonds. The zero-order valence-corrected chi connectivity index (χ0v) is 10.1. The summed E-state index contributed by atoms with van der Waals surface area (Å²) in [6.07, 6.45) is -0.593. The van der Waals surface area contributed by atoms with Gasteiger partial charge in [-0.1, -0.05) is 0 Å². The van der Waals surface area contributed by atoms with Gasteiger partial charge in [-0.05, 0) is 0 Å². The number of hydrogen-bond donors (Lipinski definition) is 4. The predicted molar refractivity (Wildman–Crippen MR) is 44.6 cm³/mol. The van der Waals surface area contributed by atoms with Crippen molar-refractivity contribution in [1.29, 1.82) is 0 Å². The Hall–Kier alpha value is 0.128. The van der Waals surface area contributed by atoms with Crippen LogP contribution >= 0.6 is 18.8 Å². The van der Waals surface area contributed by atoms with Gasteiger partial charge in [0.05, 0.1) is 12.8 Å². The third kappa shape index (κ3) is 47.3. The Morgan fingerprint density at radius 2 is 1.23 bits per heavy atom. The van der Waals surface area contributed by atoms with Crippen LogP contribution in [0.5, 0.6) is 0 Å². The molecule has 0 aromatic carbocycles. The fourth-order valence-electron chi connectivity index (χ4n) is 0.214. The molecule has 84 valence electrons. The fraction of sp³-hybridized carbons (Fsp3) is 0.500. The van der Waals surface area contributed by atoms with Gasteiger partial charge in [-0.3, -0.25) is 9.59 Å². The first-order chi connectivity index (χ1) is 5.63. The van der Waals surface area contributed by atoms with E-state index in [0.29, 0.717) is 0 Å². The Labute approximate surface area is 86.4 Å². The van der Waals surface area contributed by atoms with Gasteiger partial charge in [-0.15, -0.1) is 0 Å². The minimum atomic E-state index is -3.00. The summed E-state index contributed by atoms with van der Waals surface area (Å²) < 4.78 is 9.69. The molecule has 0 rings (SSSR count). The molecular formula is C4H10Cl2N2O4Pt. The van der Waals surface area contributed by atoms with Gasteiger partial charge in [0.25, 0.3) is 0 Å². The van der Waals surface area contributed by atoms with Crippen molar-refractivity contribution < 1.29 is 34.3 Å². The molecule has 0 radical (unpaired) electrons. The standard InChI is InChI=1S/C4H6O4.2ClH.2H2N.Pt/c5-3(6)1-2-4(7)8;;;;;/h1-2H2,(H,5,6)(H,7,8);2*1H;2*1H2;/q;;;2*-1;+4/p-2. The molecule has 0 aromatic rings. The molecule has 0 aliphatic rings. The van der Waals surface area contributed by atoms with Gasteiger partial charge in [0.2, 0.25) is 0 Å². The van der Waals surface area contributed by atoms with E-state index in [4.69, 9.17) is 37.6 Å². The van der Waals surface area contributed by atoms with Gasteiger partial charge in [0.1, 0.15) is 0 Å². The van der Waals surface area contributed by atoms with Crippen LogP contribution in [0.2, 0.25) is 0 Å². The van der Waals surface area contributed by atoms with Crippen LogP contribution in [-0.4, -0.2) is 22.2 Å². The third-order valence-corrected chi connectivity index (χ3v) is 0.553. The molecule has 0 atom stereocenters. The Bertz CT molecular complexity index is 163. The molecule has 13 heavy (non-hydrogen) atoms. The van der Waals surface area contributed by atoms with Gasteiger partial charge in [0.15, 0.2) is 0 Å². The van der Waals surface area contributed by atoms with Crippen molar-refractivity contribution in [3.05, 3.63) is 0 Å². The normalized spacial score (nSPS) is 11.1. The van der Waals surface area contributed by atoms with E-state index in [1.54, 1.807) is 0 Å². The molecule has 9 heteroatoms. The van der Waals surface area contributed by atoms with Crippen molar-refractivity contribution in [2.45, 2.75) is 12.8 Å². The van der Waals surface area contributed by atoms with Crippen molar-refractivity contribution in [2.75, 3.05) is 0 Å². The fourth-order valence-corrected chi connectivity index (χ4v) is 0.214. The first kappa shape index (κ1) is 15.6. The summed E-state index contributed by atoms with van der Waals surface area (Å²) >= 11 is -3.00. The van der Waals surface area contributed by atoms with Crippen LogP contribution in [-0.2, 0) is 24.1 Å². The van der Waals surface area contributed by atoms with Gasteiger partial charge < -0.3 is 10.2 Å². The van der Waals surface area contributed by atoms with Gasteiger partial charge in [-0.25, -0.2) is 0 Å². The molecule has 0 aliphatic carbocycles. The summed E-state index contributed by atoms with van der Waals surface area (Å²) in [5, 5.41) is 15.8. The first-order valence-electron chi connectivity index (χ1n) is 2.67. The number of halogens is 2. The number of aliphatic carboxylic acids is 2. The van der Waals surface area contributed by atoms with Crippen molar-refractivity contribution >= 4 is 30.8 Å². The number of hydrogen-bond acceptors (Lipinski definition) is 4. The molecular weight excluding hydrogens is 406 g/mol. The number of rotatable bonds is 3. The minimum absolute atomic E-state index is 0.296. The molecule has 6 nitrogen and oxygen atoms in total. The molecule has 0 spiro atoms. The van der Waals surface area contributed by atoms with E-state index < -0.39 is 26.4 Å². The Morgan fingerprint density at radius 1 is 1.08 bits per heavy atom. The van der Waals surface area contributed by atoms with Crippen LogP contribution in [0.25, 0.3) is 0 Å². The quantitative estimate of drug-likeness (QED) is 0.518. The van der Waals surface area contributed by atoms with Crippen molar-refractivity contribution in [3.8, 4) is 0 Å². The molecule has 0 unspecified atom stereocenters. The average Bonchev–Trinajstić information content (AvgIpc) is 1.79. The number of carboxylic acid groups (broad SMARTS) is 2. The molecule has 6 N–H and O–H groups in total. The second-order valence-corrected chi connectivity index (χ2v) is 12.3. The van der Waals surface area contributed by atoms with Crippen LogP contribution in [0.1, 0.15) is 12.8 Å². The molecule has 0 aromatic heterocycles. The number of carbonyl (C=O) groups is 2. The zero-order chi connectivity index (χ0) is 11.1. The Balaban J connectivity index is 0. The zero-order valence-electron chi connectivity index (χ0n) is 6.35. The predicted octanol–water partition coefficient (Wildman–Crippen LogP) is 0.131. The van der Waals surface area contributed by atoms with E-state index in [2.05, 4.69) is 0 Å². The molecule has 0 saturated heterocycles. The first-order valence-corrected chi connectivity index (χ1v) is 10.9. The van der Waals surface area contributed by atoms with Crippen LogP contribution in [0.3, 0.4) is 0 Å². The maximum atomic E-state index is 9.64. The van der Waals surface area contributed by atoms with Crippen molar-refractivity contribution in [2.24, 2.45) is 8.58 Å². The summed E-state index contributed by atoms with van der Waals surface area (Å²) in [5.41, 5.74) is 0. The Kier molecular flexibility index (Phi) is 9.03. The molecule has 0 aliphatic heterocycles. The maximum absolute atomic E-state index is 9.64. The second kappa shape index (κ2) is 7.52. The Morgan fingerprint density at radius 3 is 1.31 bits per heavy atom.